The van der Waals surface area contributed by atoms with Gasteiger partial charge in [0.1, 0.15) is 6.10 Å². The van der Waals surface area contributed by atoms with Crippen LogP contribution in [-0.4, -0.2) is 23.2 Å². The van der Waals surface area contributed by atoms with Crippen molar-refractivity contribution in [3.05, 3.63) is 6.92 Å². The summed E-state index contributed by atoms with van der Waals surface area (Å²) in [5.74, 6) is -0.200. The standard InChI is InChI=1S/C12H22NO2/c1-6-10(14)15-9-7-11(2,3)13-12(4,5)8-9/h9,13H,1,6-8H2,2-5H3. The molecule has 0 aliphatic carbocycles. The highest BCUT2D eigenvalue weighted by Crippen LogP contribution is 2.30. The van der Waals surface area contributed by atoms with Gasteiger partial charge in [-0.15, -0.1) is 0 Å². The molecule has 1 aliphatic heterocycles. The zero-order valence-corrected chi connectivity index (χ0v) is 10.2. The van der Waals surface area contributed by atoms with E-state index in [0.717, 1.165) is 12.8 Å². The summed E-state index contributed by atoms with van der Waals surface area (Å²) in [7, 11) is 0. The Morgan fingerprint density at radius 3 is 2.20 bits per heavy atom. The van der Waals surface area contributed by atoms with Crippen molar-refractivity contribution in [3.63, 3.8) is 0 Å². The van der Waals surface area contributed by atoms with Crippen LogP contribution in [0.15, 0.2) is 0 Å². The summed E-state index contributed by atoms with van der Waals surface area (Å²) in [5.41, 5.74) is 0.0434. The Hall–Kier alpha value is -0.570. The third kappa shape index (κ3) is 3.82. The van der Waals surface area contributed by atoms with E-state index in [1.807, 2.05) is 0 Å². The van der Waals surface area contributed by atoms with Crippen LogP contribution in [0.3, 0.4) is 0 Å². The van der Waals surface area contributed by atoms with E-state index >= 15 is 0 Å². The monoisotopic (exact) mass is 212 g/mol. The average molecular weight is 212 g/mol. The topological polar surface area (TPSA) is 38.3 Å². The highest BCUT2D eigenvalue weighted by Gasteiger charge is 2.39. The summed E-state index contributed by atoms with van der Waals surface area (Å²) in [6, 6.07) is 0. The number of rotatable bonds is 2. The minimum Gasteiger partial charge on any atom is -0.462 e. The summed E-state index contributed by atoms with van der Waals surface area (Å²) < 4.78 is 5.37. The van der Waals surface area contributed by atoms with Crippen molar-refractivity contribution in [1.29, 1.82) is 0 Å². The molecule has 1 N–H and O–H groups in total. The highest BCUT2D eigenvalue weighted by molar-refractivity contribution is 5.70. The van der Waals surface area contributed by atoms with Crippen molar-refractivity contribution in [3.8, 4) is 0 Å². The number of piperidine rings is 1. The number of esters is 1. The number of ether oxygens (including phenoxy) is 1. The van der Waals surface area contributed by atoms with Crippen LogP contribution in [0.1, 0.15) is 47.0 Å². The molecule has 1 saturated heterocycles. The predicted octanol–water partition coefficient (Wildman–Crippen LogP) is 2.06. The van der Waals surface area contributed by atoms with Crippen LogP contribution in [0, 0.1) is 6.92 Å². The second kappa shape index (κ2) is 4.12. The maximum Gasteiger partial charge on any atom is 0.306 e. The molecule has 0 saturated carbocycles. The third-order valence-corrected chi connectivity index (χ3v) is 2.65. The smallest absolute Gasteiger partial charge is 0.306 e. The van der Waals surface area contributed by atoms with E-state index in [0.29, 0.717) is 0 Å². The average Bonchev–Trinajstić information content (AvgIpc) is 1.97. The lowest BCUT2D eigenvalue weighted by Crippen LogP contribution is -2.59. The van der Waals surface area contributed by atoms with Gasteiger partial charge in [0.25, 0.3) is 0 Å². The van der Waals surface area contributed by atoms with Gasteiger partial charge in [-0.1, -0.05) is 0 Å². The number of nitrogens with one attached hydrogen (secondary N) is 1. The minimum atomic E-state index is -0.200. The molecule has 1 aliphatic rings. The largest absolute Gasteiger partial charge is 0.462 e. The van der Waals surface area contributed by atoms with Gasteiger partial charge in [-0.3, -0.25) is 4.79 Å². The first-order valence-corrected chi connectivity index (χ1v) is 5.52. The number of carbonyl (C=O) groups excluding carboxylic acids is 1. The fraction of sp³-hybridized carbons (Fsp3) is 0.833. The van der Waals surface area contributed by atoms with Crippen LogP contribution in [0.5, 0.6) is 0 Å². The summed E-state index contributed by atoms with van der Waals surface area (Å²) in [4.78, 5) is 11.2. The Bertz CT molecular complexity index is 230. The van der Waals surface area contributed by atoms with Crippen LogP contribution in [0.25, 0.3) is 0 Å². The van der Waals surface area contributed by atoms with Crippen molar-refractivity contribution in [1.82, 2.24) is 5.32 Å². The molecule has 0 aromatic heterocycles. The second-order valence-corrected chi connectivity index (χ2v) is 5.66. The molecular weight excluding hydrogens is 190 g/mol. The molecule has 0 amide bonds. The molecule has 3 nitrogen and oxygen atoms in total. The quantitative estimate of drug-likeness (QED) is 0.712. The second-order valence-electron chi connectivity index (χ2n) is 5.66. The van der Waals surface area contributed by atoms with Gasteiger partial charge >= 0.3 is 5.97 Å². The number of hydrogen-bond donors (Lipinski definition) is 1. The minimum absolute atomic E-state index is 0.0190. The van der Waals surface area contributed by atoms with E-state index < -0.39 is 0 Å². The Kier molecular flexibility index (Phi) is 3.44. The van der Waals surface area contributed by atoms with Crippen molar-refractivity contribution < 1.29 is 9.53 Å². The lowest BCUT2D eigenvalue weighted by atomic mass is 9.81. The van der Waals surface area contributed by atoms with Gasteiger partial charge in [-0.05, 0) is 34.6 Å². The molecule has 0 spiro atoms. The first-order chi connectivity index (χ1) is 6.74. The Balaban J connectivity index is 2.63. The summed E-state index contributed by atoms with van der Waals surface area (Å²) in [6.45, 7) is 12.1. The molecule has 0 bridgehead atoms. The van der Waals surface area contributed by atoms with Crippen molar-refractivity contribution >= 4 is 5.97 Å². The molecule has 87 valence electrons. The van der Waals surface area contributed by atoms with Gasteiger partial charge in [0, 0.05) is 30.3 Å². The third-order valence-electron chi connectivity index (χ3n) is 2.65. The summed E-state index contributed by atoms with van der Waals surface area (Å²) in [6.07, 6.45) is 1.96. The van der Waals surface area contributed by atoms with Gasteiger partial charge in [0.15, 0.2) is 0 Å². The zero-order chi connectivity index (χ0) is 11.7. The van der Waals surface area contributed by atoms with Gasteiger partial charge in [-0.2, -0.15) is 0 Å². The number of hydrogen-bond acceptors (Lipinski definition) is 3. The van der Waals surface area contributed by atoms with Crippen LogP contribution in [0.4, 0.5) is 0 Å². The van der Waals surface area contributed by atoms with E-state index in [9.17, 15) is 4.79 Å². The first kappa shape index (κ1) is 12.5. The van der Waals surface area contributed by atoms with Crippen LogP contribution >= 0.6 is 0 Å². The van der Waals surface area contributed by atoms with Crippen molar-refractivity contribution in [2.75, 3.05) is 0 Å². The molecule has 1 radical (unpaired) electrons. The zero-order valence-electron chi connectivity index (χ0n) is 10.2. The maximum atomic E-state index is 11.2. The molecule has 3 heteroatoms. The van der Waals surface area contributed by atoms with Gasteiger partial charge < -0.3 is 10.1 Å². The summed E-state index contributed by atoms with van der Waals surface area (Å²) >= 11 is 0. The highest BCUT2D eigenvalue weighted by atomic mass is 16.5. The van der Waals surface area contributed by atoms with E-state index in [4.69, 9.17) is 4.74 Å². The maximum absolute atomic E-state index is 11.2. The Morgan fingerprint density at radius 2 is 1.80 bits per heavy atom. The fourth-order valence-electron chi connectivity index (χ4n) is 2.56. The summed E-state index contributed by atoms with van der Waals surface area (Å²) in [5, 5.41) is 3.55. The van der Waals surface area contributed by atoms with Gasteiger partial charge in [0.2, 0.25) is 0 Å². The van der Waals surface area contributed by atoms with E-state index in [-0.39, 0.29) is 29.6 Å². The molecule has 0 aromatic carbocycles. The molecule has 0 unspecified atom stereocenters. The van der Waals surface area contributed by atoms with Crippen LogP contribution < -0.4 is 5.32 Å². The molecule has 15 heavy (non-hydrogen) atoms. The normalized spacial score (nSPS) is 24.9. The van der Waals surface area contributed by atoms with E-state index in [2.05, 4.69) is 39.9 Å². The number of carbonyl (C=O) groups is 1. The molecule has 1 rings (SSSR count). The van der Waals surface area contributed by atoms with Crippen molar-refractivity contribution in [2.24, 2.45) is 0 Å². The van der Waals surface area contributed by atoms with E-state index in [1.165, 1.54) is 0 Å². The van der Waals surface area contributed by atoms with Gasteiger partial charge in [0.05, 0.1) is 0 Å². The van der Waals surface area contributed by atoms with E-state index in [1.54, 1.807) is 0 Å². The first-order valence-electron chi connectivity index (χ1n) is 5.52. The van der Waals surface area contributed by atoms with Crippen molar-refractivity contribution in [2.45, 2.75) is 64.1 Å². The Labute approximate surface area is 92.6 Å². The van der Waals surface area contributed by atoms with Crippen LogP contribution in [-0.2, 0) is 9.53 Å². The molecule has 1 heterocycles. The predicted molar refractivity (Wildman–Crippen MR) is 60.4 cm³/mol. The molecule has 1 fully saturated rings. The Morgan fingerprint density at radius 1 is 1.33 bits per heavy atom. The SMILES string of the molecule is [CH2]CC(=O)OC1CC(C)(C)NC(C)(C)C1. The van der Waals surface area contributed by atoms with Crippen LogP contribution in [0.2, 0.25) is 0 Å². The lowest BCUT2D eigenvalue weighted by molar-refractivity contribution is -0.152. The molecule has 0 aromatic rings. The molecular formula is C12H22NO2. The van der Waals surface area contributed by atoms with Gasteiger partial charge in [-0.25, -0.2) is 0 Å². The lowest BCUT2D eigenvalue weighted by Gasteiger charge is -2.45. The molecule has 0 atom stereocenters. The fourth-order valence-corrected chi connectivity index (χ4v) is 2.56.